The molecule has 106 valence electrons. The molecule has 0 saturated carbocycles. The Labute approximate surface area is 117 Å². The summed E-state index contributed by atoms with van der Waals surface area (Å²) in [5, 5.41) is 3.16. The van der Waals surface area contributed by atoms with E-state index in [0.29, 0.717) is 23.6 Å². The second kappa shape index (κ2) is 5.94. The van der Waals surface area contributed by atoms with Gasteiger partial charge in [0.25, 0.3) is 0 Å². The zero-order chi connectivity index (χ0) is 14.7. The number of halogens is 2. The van der Waals surface area contributed by atoms with Crippen LogP contribution in [-0.4, -0.2) is 16.5 Å². The highest BCUT2D eigenvalue weighted by molar-refractivity contribution is 5.69. The highest BCUT2D eigenvalue weighted by Gasteiger charge is 2.17. The van der Waals surface area contributed by atoms with E-state index in [4.69, 9.17) is 0 Å². The number of rotatable bonds is 4. The first-order valence-corrected chi connectivity index (χ1v) is 6.58. The fourth-order valence-corrected chi connectivity index (χ4v) is 2.17. The van der Waals surface area contributed by atoms with Crippen LogP contribution in [0.2, 0.25) is 0 Å². The Hall–Kier alpha value is -2.04. The molecule has 2 aromatic rings. The second-order valence-electron chi connectivity index (χ2n) is 4.83. The van der Waals surface area contributed by atoms with Crippen molar-refractivity contribution in [1.82, 2.24) is 9.97 Å². The van der Waals surface area contributed by atoms with Crippen molar-refractivity contribution >= 4 is 5.82 Å². The normalized spacial score (nSPS) is 10.9. The fourth-order valence-electron chi connectivity index (χ4n) is 2.17. The van der Waals surface area contributed by atoms with Gasteiger partial charge in [0.05, 0.1) is 5.69 Å². The molecule has 0 aliphatic carbocycles. The Bertz CT molecular complexity index is 592. The van der Waals surface area contributed by atoms with E-state index in [1.807, 2.05) is 20.8 Å². The Balaban J connectivity index is 2.63. The standard InChI is InChI=1S/C15H17F2N3/c1-4-18-15-13(9(2)3)14(19-8-20-15)10-5-11(16)7-12(17)6-10/h5-9H,4H2,1-3H3,(H,18,19,20). The fraction of sp³-hybridized carbons (Fsp3) is 0.333. The number of aromatic nitrogens is 2. The molecular weight excluding hydrogens is 260 g/mol. The quantitative estimate of drug-likeness (QED) is 0.918. The minimum absolute atomic E-state index is 0.131. The largest absolute Gasteiger partial charge is 0.370 e. The van der Waals surface area contributed by atoms with Gasteiger partial charge >= 0.3 is 0 Å². The lowest BCUT2D eigenvalue weighted by atomic mass is 9.97. The third kappa shape index (κ3) is 2.92. The minimum Gasteiger partial charge on any atom is -0.370 e. The van der Waals surface area contributed by atoms with E-state index in [-0.39, 0.29) is 5.92 Å². The molecule has 0 radical (unpaired) electrons. The van der Waals surface area contributed by atoms with Crippen molar-refractivity contribution in [2.24, 2.45) is 0 Å². The summed E-state index contributed by atoms with van der Waals surface area (Å²) >= 11 is 0. The SMILES string of the molecule is CCNc1ncnc(-c2cc(F)cc(F)c2)c1C(C)C. The van der Waals surface area contributed by atoms with Gasteiger partial charge in [-0.2, -0.15) is 0 Å². The molecule has 0 atom stereocenters. The van der Waals surface area contributed by atoms with E-state index in [1.165, 1.54) is 18.5 Å². The Morgan fingerprint density at radius 1 is 1.10 bits per heavy atom. The van der Waals surface area contributed by atoms with Gasteiger partial charge in [0, 0.05) is 23.7 Å². The molecule has 0 saturated heterocycles. The molecule has 1 N–H and O–H groups in total. The predicted molar refractivity (Wildman–Crippen MR) is 75.6 cm³/mol. The van der Waals surface area contributed by atoms with Crippen molar-refractivity contribution in [3.63, 3.8) is 0 Å². The molecule has 0 aliphatic heterocycles. The van der Waals surface area contributed by atoms with E-state index in [2.05, 4.69) is 15.3 Å². The summed E-state index contributed by atoms with van der Waals surface area (Å²) in [7, 11) is 0. The van der Waals surface area contributed by atoms with E-state index in [9.17, 15) is 8.78 Å². The lowest BCUT2D eigenvalue weighted by Crippen LogP contribution is -2.07. The third-order valence-corrected chi connectivity index (χ3v) is 2.94. The topological polar surface area (TPSA) is 37.8 Å². The van der Waals surface area contributed by atoms with Crippen LogP contribution in [0.15, 0.2) is 24.5 Å². The number of benzene rings is 1. The van der Waals surface area contributed by atoms with Crippen molar-refractivity contribution in [3.05, 3.63) is 41.7 Å². The van der Waals surface area contributed by atoms with Crippen LogP contribution in [0, 0.1) is 11.6 Å². The minimum atomic E-state index is -0.613. The molecule has 1 aromatic carbocycles. The van der Waals surface area contributed by atoms with Crippen LogP contribution in [0.25, 0.3) is 11.3 Å². The van der Waals surface area contributed by atoms with Crippen molar-refractivity contribution in [2.45, 2.75) is 26.7 Å². The van der Waals surface area contributed by atoms with Gasteiger partial charge < -0.3 is 5.32 Å². The molecule has 1 aromatic heterocycles. The third-order valence-electron chi connectivity index (χ3n) is 2.94. The summed E-state index contributed by atoms with van der Waals surface area (Å²) in [5.74, 6) is -0.389. The number of anilines is 1. The van der Waals surface area contributed by atoms with Gasteiger partial charge in [0.2, 0.25) is 0 Å². The van der Waals surface area contributed by atoms with Gasteiger partial charge in [-0.15, -0.1) is 0 Å². The van der Waals surface area contributed by atoms with Crippen LogP contribution in [0.4, 0.5) is 14.6 Å². The highest BCUT2D eigenvalue weighted by atomic mass is 19.1. The van der Waals surface area contributed by atoms with Crippen LogP contribution in [-0.2, 0) is 0 Å². The van der Waals surface area contributed by atoms with E-state index in [1.54, 1.807) is 0 Å². The average molecular weight is 277 g/mol. The number of hydrogen-bond acceptors (Lipinski definition) is 3. The van der Waals surface area contributed by atoms with Crippen molar-refractivity contribution < 1.29 is 8.78 Å². The maximum Gasteiger partial charge on any atom is 0.133 e. The van der Waals surface area contributed by atoms with Gasteiger partial charge in [-0.3, -0.25) is 0 Å². The maximum absolute atomic E-state index is 13.4. The Morgan fingerprint density at radius 3 is 2.30 bits per heavy atom. The molecular formula is C15H17F2N3. The number of nitrogens with one attached hydrogen (secondary N) is 1. The molecule has 1 heterocycles. The summed E-state index contributed by atoms with van der Waals surface area (Å²) in [6.45, 7) is 6.68. The first-order chi connectivity index (χ1) is 9.52. The molecule has 0 bridgehead atoms. The molecule has 0 spiro atoms. The lowest BCUT2D eigenvalue weighted by molar-refractivity contribution is 0.584. The van der Waals surface area contributed by atoms with Crippen LogP contribution >= 0.6 is 0 Å². The van der Waals surface area contributed by atoms with Gasteiger partial charge in [0.15, 0.2) is 0 Å². The molecule has 20 heavy (non-hydrogen) atoms. The Morgan fingerprint density at radius 2 is 1.75 bits per heavy atom. The summed E-state index contributed by atoms with van der Waals surface area (Å²) in [4.78, 5) is 8.42. The van der Waals surface area contributed by atoms with Crippen molar-refractivity contribution in [1.29, 1.82) is 0 Å². The second-order valence-corrected chi connectivity index (χ2v) is 4.83. The van der Waals surface area contributed by atoms with Crippen molar-refractivity contribution in [3.8, 4) is 11.3 Å². The molecule has 0 unspecified atom stereocenters. The highest BCUT2D eigenvalue weighted by Crippen LogP contribution is 2.32. The van der Waals surface area contributed by atoms with Crippen LogP contribution in [0.1, 0.15) is 32.3 Å². The molecule has 0 aliphatic rings. The molecule has 2 rings (SSSR count). The summed E-state index contributed by atoms with van der Waals surface area (Å²) in [6, 6.07) is 3.42. The Kier molecular flexibility index (Phi) is 4.27. The van der Waals surface area contributed by atoms with Crippen LogP contribution in [0.5, 0.6) is 0 Å². The number of hydrogen-bond donors (Lipinski definition) is 1. The zero-order valence-corrected chi connectivity index (χ0v) is 11.7. The van der Waals surface area contributed by atoms with Crippen molar-refractivity contribution in [2.75, 3.05) is 11.9 Å². The van der Waals surface area contributed by atoms with E-state index in [0.717, 1.165) is 11.6 Å². The van der Waals surface area contributed by atoms with Crippen LogP contribution in [0.3, 0.4) is 0 Å². The zero-order valence-electron chi connectivity index (χ0n) is 11.7. The van der Waals surface area contributed by atoms with E-state index >= 15 is 0 Å². The molecule has 5 heteroatoms. The predicted octanol–water partition coefficient (Wildman–Crippen LogP) is 3.98. The van der Waals surface area contributed by atoms with Gasteiger partial charge in [-0.1, -0.05) is 13.8 Å². The smallest absolute Gasteiger partial charge is 0.133 e. The lowest BCUT2D eigenvalue weighted by Gasteiger charge is -2.16. The van der Waals surface area contributed by atoms with Crippen LogP contribution < -0.4 is 5.32 Å². The summed E-state index contributed by atoms with van der Waals surface area (Å²) < 4.78 is 26.8. The first-order valence-electron chi connectivity index (χ1n) is 6.58. The maximum atomic E-state index is 13.4. The molecule has 0 fully saturated rings. The van der Waals surface area contributed by atoms with Gasteiger partial charge in [-0.25, -0.2) is 18.7 Å². The first kappa shape index (κ1) is 14.4. The molecule has 3 nitrogen and oxygen atoms in total. The summed E-state index contributed by atoms with van der Waals surface area (Å²) in [5.41, 5.74) is 1.84. The van der Waals surface area contributed by atoms with Gasteiger partial charge in [0.1, 0.15) is 23.8 Å². The van der Waals surface area contributed by atoms with E-state index < -0.39 is 11.6 Å². The average Bonchev–Trinajstić information content (AvgIpc) is 2.37. The monoisotopic (exact) mass is 277 g/mol. The molecule has 0 amide bonds. The summed E-state index contributed by atoms with van der Waals surface area (Å²) in [6.07, 6.45) is 1.40. The number of nitrogens with zero attached hydrogens (tertiary/aromatic N) is 2. The van der Waals surface area contributed by atoms with Gasteiger partial charge in [-0.05, 0) is 25.0 Å².